The van der Waals surface area contributed by atoms with E-state index in [0.29, 0.717) is 39.6 Å². The SMILES string of the molecule is C=C[C@](C)(O)CN(C)Cc1nc2sc(C(=O)OC(C)C)c(C)c2c(=O)[nH]1. The van der Waals surface area contributed by atoms with Crippen LogP contribution in [0.3, 0.4) is 0 Å². The van der Waals surface area contributed by atoms with Crippen molar-refractivity contribution in [3.63, 3.8) is 0 Å². The van der Waals surface area contributed by atoms with Gasteiger partial charge in [-0.25, -0.2) is 9.78 Å². The van der Waals surface area contributed by atoms with Gasteiger partial charge in [-0.2, -0.15) is 0 Å². The molecule has 2 rings (SSSR count). The molecule has 0 bridgehead atoms. The van der Waals surface area contributed by atoms with Crippen LogP contribution in [0, 0.1) is 6.92 Å². The molecule has 2 aromatic rings. The molecule has 0 spiro atoms. The van der Waals surface area contributed by atoms with Crippen LogP contribution in [0.4, 0.5) is 0 Å². The molecule has 0 saturated carbocycles. The molecule has 26 heavy (non-hydrogen) atoms. The molecule has 7 nitrogen and oxygen atoms in total. The topological polar surface area (TPSA) is 95.5 Å². The van der Waals surface area contributed by atoms with Gasteiger partial charge in [-0.1, -0.05) is 6.08 Å². The van der Waals surface area contributed by atoms with Crippen molar-refractivity contribution in [1.82, 2.24) is 14.9 Å². The monoisotopic (exact) mass is 379 g/mol. The van der Waals surface area contributed by atoms with Crippen molar-refractivity contribution in [3.05, 3.63) is 39.3 Å². The highest BCUT2D eigenvalue weighted by atomic mass is 32.1. The first-order valence-corrected chi connectivity index (χ1v) is 9.13. The van der Waals surface area contributed by atoms with Crippen LogP contribution in [0.25, 0.3) is 10.2 Å². The van der Waals surface area contributed by atoms with E-state index in [9.17, 15) is 14.7 Å². The van der Waals surface area contributed by atoms with Gasteiger partial charge in [0.05, 0.1) is 23.6 Å². The molecular weight excluding hydrogens is 354 g/mol. The van der Waals surface area contributed by atoms with Crippen LogP contribution >= 0.6 is 11.3 Å². The maximum absolute atomic E-state index is 12.5. The van der Waals surface area contributed by atoms with Crippen molar-refractivity contribution in [2.45, 2.75) is 45.9 Å². The molecule has 2 aromatic heterocycles. The summed E-state index contributed by atoms with van der Waals surface area (Å²) in [5, 5.41) is 10.5. The third-order valence-corrected chi connectivity index (χ3v) is 4.99. The number of aliphatic hydroxyl groups is 1. The summed E-state index contributed by atoms with van der Waals surface area (Å²) in [5.74, 6) is 0.0236. The van der Waals surface area contributed by atoms with Crippen molar-refractivity contribution >= 4 is 27.5 Å². The van der Waals surface area contributed by atoms with E-state index < -0.39 is 11.6 Å². The number of thiophene rings is 1. The van der Waals surface area contributed by atoms with Gasteiger partial charge in [-0.05, 0) is 40.3 Å². The number of fused-ring (bicyclic) bond motifs is 1. The van der Waals surface area contributed by atoms with Crippen LogP contribution in [0.15, 0.2) is 17.4 Å². The Bertz CT molecular complexity index is 882. The predicted octanol–water partition coefficient (Wildman–Crippen LogP) is 2.23. The molecule has 0 aliphatic rings. The van der Waals surface area contributed by atoms with Gasteiger partial charge in [0, 0.05) is 6.54 Å². The Morgan fingerprint density at radius 2 is 2.19 bits per heavy atom. The van der Waals surface area contributed by atoms with Gasteiger partial charge in [0.2, 0.25) is 0 Å². The van der Waals surface area contributed by atoms with Crippen molar-refractivity contribution in [3.8, 4) is 0 Å². The van der Waals surface area contributed by atoms with E-state index in [2.05, 4.69) is 16.5 Å². The van der Waals surface area contributed by atoms with Crippen LogP contribution in [0.2, 0.25) is 0 Å². The molecule has 0 saturated heterocycles. The number of carbonyl (C=O) groups excluding carboxylic acids is 1. The van der Waals surface area contributed by atoms with Gasteiger partial charge in [0.1, 0.15) is 15.5 Å². The molecule has 0 unspecified atom stereocenters. The Morgan fingerprint density at radius 1 is 1.54 bits per heavy atom. The minimum absolute atomic E-state index is 0.236. The summed E-state index contributed by atoms with van der Waals surface area (Å²) in [6, 6.07) is 0. The molecule has 0 fully saturated rings. The van der Waals surface area contributed by atoms with Gasteiger partial charge in [0.25, 0.3) is 5.56 Å². The van der Waals surface area contributed by atoms with Crippen LogP contribution in [0.1, 0.15) is 41.8 Å². The highest BCUT2D eigenvalue weighted by Crippen LogP contribution is 2.28. The molecule has 0 aliphatic carbocycles. The summed E-state index contributed by atoms with van der Waals surface area (Å²) in [6.45, 7) is 11.2. The molecule has 0 amide bonds. The number of rotatable bonds is 7. The normalized spacial score (nSPS) is 14.0. The van der Waals surface area contributed by atoms with Crippen molar-refractivity contribution in [2.75, 3.05) is 13.6 Å². The van der Waals surface area contributed by atoms with Crippen molar-refractivity contribution in [1.29, 1.82) is 0 Å². The first-order valence-electron chi connectivity index (χ1n) is 8.32. The summed E-state index contributed by atoms with van der Waals surface area (Å²) < 4.78 is 5.23. The highest BCUT2D eigenvalue weighted by Gasteiger charge is 2.22. The number of aromatic nitrogens is 2. The minimum Gasteiger partial charge on any atom is -0.459 e. The van der Waals surface area contributed by atoms with E-state index in [1.807, 2.05) is 11.9 Å². The van der Waals surface area contributed by atoms with Gasteiger partial charge in [-0.15, -0.1) is 17.9 Å². The quantitative estimate of drug-likeness (QED) is 0.566. The second-order valence-corrected chi connectivity index (χ2v) is 7.94. The summed E-state index contributed by atoms with van der Waals surface area (Å²) in [6.07, 6.45) is 1.23. The maximum atomic E-state index is 12.5. The number of hydrogen-bond acceptors (Lipinski definition) is 7. The standard InChI is InChI=1S/C18H25N3O4S/c1-7-18(5,24)9-21(6)8-12-19-15(22)13-11(4)14(26-16(13)20-12)17(23)25-10(2)3/h7,10,24H,1,8-9H2,2-6H3,(H,19,20,22)/t18-/m0/s1. The summed E-state index contributed by atoms with van der Waals surface area (Å²) in [4.78, 5) is 34.7. The smallest absolute Gasteiger partial charge is 0.348 e. The Balaban J connectivity index is 2.34. The van der Waals surface area contributed by atoms with E-state index in [1.54, 1.807) is 27.7 Å². The zero-order valence-electron chi connectivity index (χ0n) is 15.8. The van der Waals surface area contributed by atoms with Gasteiger partial charge in [0.15, 0.2) is 0 Å². The molecule has 2 heterocycles. The molecule has 0 aromatic carbocycles. The Hall–Kier alpha value is -2.03. The van der Waals surface area contributed by atoms with Crippen molar-refractivity contribution in [2.24, 2.45) is 0 Å². The lowest BCUT2D eigenvalue weighted by Crippen LogP contribution is -2.37. The molecule has 142 valence electrons. The summed E-state index contributed by atoms with van der Waals surface area (Å²) in [5.41, 5.74) is -0.739. The van der Waals surface area contributed by atoms with E-state index in [-0.39, 0.29) is 11.7 Å². The molecule has 1 atom stereocenters. The van der Waals surface area contributed by atoms with E-state index in [1.165, 1.54) is 6.08 Å². The summed E-state index contributed by atoms with van der Waals surface area (Å²) in [7, 11) is 1.81. The summed E-state index contributed by atoms with van der Waals surface area (Å²) >= 11 is 1.16. The van der Waals surface area contributed by atoms with E-state index >= 15 is 0 Å². The first kappa shape index (κ1) is 20.3. The number of ether oxygens (including phenoxy) is 1. The fourth-order valence-corrected chi connectivity index (χ4v) is 3.73. The van der Waals surface area contributed by atoms with Crippen LogP contribution in [-0.2, 0) is 11.3 Å². The number of nitrogens with one attached hydrogen (secondary N) is 1. The number of H-pyrrole nitrogens is 1. The van der Waals surface area contributed by atoms with E-state index in [0.717, 1.165) is 11.3 Å². The van der Waals surface area contributed by atoms with Crippen LogP contribution < -0.4 is 5.56 Å². The molecular formula is C18H25N3O4S. The highest BCUT2D eigenvalue weighted by molar-refractivity contribution is 7.20. The van der Waals surface area contributed by atoms with Crippen molar-refractivity contribution < 1.29 is 14.6 Å². The maximum Gasteiger partial charge on any atom is 0.348 e. The molecule has 8 heteroatoms. The number of aromatic amines is 1. The minimum atomic E-state index is -1.04. The number of likely N-dealkylation sites (N-methyl/N-ethyl adjacent to an activating group) is 1. The second kappa shape index (κ2) is 7.69. The molecule has 2 N–H and O–H groups in total. The molecule has 0 aliphatic heterocycles. The van der Waals surface area contributed by atoms with Gasteiger partial charge >= 0.3 is 5.97 Å². The van der Waals surface area contributed by atoms with E-state index in [4.69, 9.17) is 4.74 Å². The first-order chi connectivity index (χ1) is 12.0. The second-order valence-electron chi connectivity index (χ2n) is 6.94. The Kier molecular flexibility index (Phi) is 6.00. The number of esters is 1. The Labute approximate surface area is 156 Å². The number of nitrogens with zero attached hydrogens (tertiary/aromatic N) is 2. The number of aryl methyl sites for hydroxylation is 1. The lowest BCUT2D eigenvalue weighted by atomic mass is 10.1. The average Bonchev–Trinajstić information content (AvgIpc) is 2.83. The lowest BCUT2D eigenvalue weighted by Gasteiger charge is -2.25. The largest absolute Gasteiger partial charge is 0.459 e. The third-order valence-electron chi connectivity index (χ3n) is 3.83. The molecule has 0 radical (unpaired) electrons. The predicted molar refractivity (Wildman–Crippen MR) is 103 cm³/mol. The fourth-order valence-electron chi connectivity index (χ4n) is 2.65. The van der Waals surface area contributed by atoms with Gasteiger partial charge in [-0.3, -0.25) is 9.69 Å². The van der Waals surface area contributed by atoms with Gasteiger partial charge < -0.3 is 14.8 Å². The van der Waals surface area contributed by atoms with Crippen LogP contribution in [0.5, 0.6) is 0 Å². The average molecular weight is 379 g/mol. The number of hydrogen-bond donors (Lipinski definition) is 2. The fraction of sp³-hybridized carbons (Fsp3) is 0.500. The number of carbonyl (C=O) groups is 1. The Morgan fingerprint density at radius 3 is 2.77 bits per heavy atom. The lowest BCUT2D eigenvalue weighted by molar-refractivity contribution is 0.0383. The zero-order valence-corrected chi connectivity index (χ0v) is 16.6. The van der Waals surface area contributed by atoms with Crippen LogP contribution in [-0.4, -0.2) is 51.2 Å². The third kappa shape index (κ3) is 4.57. The zero-order chi connectivity index (χ0) is 19.6.